The number of nitrogens with zero attached hydrogens (tertiary/aromatic N) is 1. The number of benzene rings is 1. The quantitative estimate of drug-likeness (QED) is 0.470. The number of carbonyl (C=O) groups excluding carboxylic acids is 2. The molecule has 4 heteroatoms. The second kappa shape index (κ2) is 5.20. The maximum absolute atomic E-state index is 12.2. The number of allylic oxidation sites excluding steroid dienone is 1. The average Bonchev–Trinajstić information content (AvgIpc) is 2.72. The van der Waals surface area contributed by atoms with E-state index in [2.05, 4.69) is 6.58 Å². The van der Waals surface area contributed by atoms with Gasteiger partial charge in [-0.2, -0.15) is 0 Å². The molecule has 0 spiro atoms. The van der Waals surface area contributed by atoms with Crippen LogP contribution in [0.1, 0.15) is 27.8 Å². The van der Waals surface area contributed by atoms with Crippen LogP contribution in [-0.2, 0) is 11.5 Å². The van der Waals surface area contributed by atoms with Gasteiger partial charge in [0, 0.05) is 12.5 Å². The standard InChI is InChI=1S/C15H15NO3/c1-10(2)15(18)14-11-6-4-5-7-12(11)16(9-19-3)13(14)8-17/h4-8H,1,9H2,2-3H3. The molecule has 0 saturated carbocycles. The first kappa shape index (κ1) is 13.2. The molecule has 0 unspecified atom stereocenters. The SMILES string of the molecule is C=C(C)C(=O)c1c(C=O)n(COC)c2ccccc12. The van der Waals surface area contributed by atoms with E-state index in [1.54, 1.807) is 18.6 Å². The summed E-state index contributed by atoms with van der Waals surface area (Å²) in [5.74, 6) is -0.215. The van der Waals surface area contributed by atoms with Crippen molar-refractivity contribution < 1.29 is 14.3 Å². The molecule has 2 rings (SSSR count). The van der Waals surface area contributed by atoms with Gasteiger partial charge in [0.25, 0.3) is 0 Å². The Hall–Kier alpha value is -2.20. The molecule has 1 heterocycles. The van der Waals surface area contributed by atoms with E-state index in [1.165, 1.54) is 0 Å². The van der Waals surface area contributed by atoms with Gasteiger partial charge in [0.2, 0.25) is 0 Å². The molecule has 0 amide bonds. The molecule has 19 heavy (non-hydrogen) atoms. The molecule has 0 N–H and O–H groups in total. The summed E-state index contributed by atoms with van der Waals surface area (Å²) in [6, 6.07) is 7.38. The van der Waals surface area contributed by atoms with Gasteiger partial charge in [0.05, 0.1) is 16.8 Å². The lowest BCUT2D eigenvalue weighted by molar-refractivity contribution is 0.101. The lowest BCUT2D eigenvalue weighted by Crippen LogP contribution is -2.08. The zero-order valence-corrected chi connectivity index (χ0v) is 11.0. The molecule has 0 aliphatic heterocycles. The Morgan fingerprint density at radius 1 is 1.42 bits per heavy atom. The van der Waals surface area contributed by atoms with Crippen LogP contribution in [0.3, 0.4) is 0 Å². The van der Waals surface area contributed by atoms with Crippen molar-refractivity contribution in [2.45, 2.75) is 13.7 Å². The molecular weight excluding hydrogens is 242 g/mol. The highest BCUT2D eigenvalue weighted by molar-refractivity contribution is 6.19. The molecule has 2 aromatic rings. The van der Waals surface area contributed by atoms with E-state index < -0.39 is 0 Å². The number of hydrogen-bond acceptors (Lipinski definition) is 3. The number of hydrogen-bond donors (Lipinski definition) is 0. The third kappa shape index (κ3) is 2.11. The second-order valence-corrected chi connectivity index (χ2v) is 4.35. The lowest BCUT2D eigenvalue weighted by atomic mass is 10.0. The number of methoxy groups -OCH3 is 1. The third-order valence-electron chi connectivity index (χ3n) is 3.00. The van der Waals surface area contributed by atoms with E-state index in [0.717, 1.165) is 10.9 Å². The van der Waals surface area contributed by atoms with Gasteiger partial charge in [0.1, 0.15) is 6.73 Å². The van der Waals surface area contributed by atoms with Crippen molar-refractivity contribution in [1.82, 2.24) is 4.57 Å². The second-order valence-electron chi connectivity index (χ2n) is 4.35. The zero-order valence-electron chi connectivity index (χ0n) is 11.0. The van der Waals surface area contributed by atoms with Crippen molar-refractivity contribution >= 4 is 23.0 Å². The molecule has 0 radical (unpaired) electrons. The Morgan fingerprint density at radius 2 is 2.11 bits per heavy atom. The van der Waals surface area contributed by atoms with E-state index >= 15 is 0 Å². The number of ketones is 1. The highest BCUT2D eigenvalue weighted by Crippen LogP contribution is 2.27. The summed E-state index contributed by atoms with van der Waals surface area (Å²) in [5.41, 5.74) is 1.94. The first-order valence-electron chi connectivity index (χ1n) is 5.87. The van der Waals surface area contributed by atoms with E-state index in [4.69, 9.17) is 4.74 Å². The van der Waals surface area contributed by atoms with Crippen LogP contribution < -0.4 is 0 Å². The Morgan fingerprint density at radius 3 is 2.68 bits per heavy atom. The molecule has 1 aromatic carbocycles. The summed E-state index contributed by atoms with van der Waals surface area (Å²) >= 11 is 0. The number of ether oxygens (including phenoxy) is 1. The highest BCUT2D eigenvalue weighted by Gasteiger charge is 2.22. The molecular formula is C15H15NO3. The van der Waals surface area contributed by atoms with Gasteiger partial charge in [-0.25, -0.2) is 0 Å². The number of fused-ring (bicyclic) bond motifs is 1. The predicted molar refractivity (Wildman–Crippen MR) is 73.5 cm³/mol. The minimum Gasteiger partial charge on any atom is -0.364 e. The first-order chi connectivity index (χ1) is 9.11. The van der Waals surface area contributed by atoms with Crippen molar-refractivity contribution in [3.63, 3.8) is 0 Å². The molecule has 0 saturated heterocycles. The normalized spacial score (nSPS) is 10.6. The molecule has 4 nitrogen and oxygen atoms in total. The average molecular weight is 257 g/mol. The summed E-state index contributed by atoms with van der Waals surface area (Å²) in [4.78, 5) is 23.6. The van der Waals surface area contributed by atoms with E-state index in [1.807, 2.05) is 24.3 Å². The van der Waals surface area contributed by atoms with Gasteiger partial charge in [-0.05, 0) is 18.6 Å². The van der Waals surface area contributed by atoms with Gasteiger partial charge < -0.3 is 9.30 Å². The molecule has 0 atom stereocenters. The predicted octanol–water partition coefficient (Wildman–Crippen LogP) is 2.82. The van der Waals surface area contributed by atoms with Crippen LogP contribution in [0.2, 0.25) is 0 Å². The fraction of sp³-hybridized carbons (Fsp3) is 0.200. The van der Waals surface area contributed by atoms with Crippen LogP contribution >= 0.6 is 0 Å². The van der Waals surface area contributed by atoms with Gasteiger partial charge >= 0.3 is 0 Å². The maximum atomic E-state index is 12.2. The maximum Gasteiger partial charge on any atom is 0.191 e. The smallest absolute Gasteiger partial charge is 0.191 e. The summed E-state index contributed by atoms with van der Waals surface area (Å²) in [7, 11) is 1.55. The van der Waals surface area contributed by atoms with E-state index in [0.29, 0.717) is 23.1 Å². The van der Waals surface area contributed by atoms with Gasteiger partial charge in [-0.1, -0.05) is 24.8 Å². The Labute approximate surface area is 111 Å². The number of carbonyl (C=O) groups is 2. The van der Waals surface area contributed by atoms with Crippen molar-refractivity contribution in [3.8, 4) is 0 Å². The highest BCUT2D eigenvalue weighted by atomic mass is 16.5. The Balaban J connectivity index is 2.84. The molecule has 1 aromatic heterocycles. The summed E-state index contributed by atoms with van der Waals surface area (Å²) in [5, 5.41) is 0.745. The molecule has 0 aliphatic carbocycles. The van der Waals surface area contributed by atoms with Gasteiger partial charge in [0.15, 0.2) is 12.1 Å². The van der Waals surface area contributed by atoms with Crippen LogP contribution in [0.15, 0.2) is 36.4 Å². The molecule has 98 valence electrons. The van der Waals surface area contributed by atoms with Crippen LogP contribution in [0.4, 0.5) is 0 Å². The topological polar surface area (TPSA) is 48.3 Å². The molecule has 0 aliphatic rings. The minimum atomic E-state index is -0.215. The van der Waals surface area contributed by atoms with Crippen molar-refractivity contribution in [1.29, 1.82) is 0 Å². The zero-order chi connectivity index (χ0) is 14.0. The monoisotopic (exact) mass is 257 g/mol. The first-order valence-corrected chi connectivity index (χ1v) is 5.87. The molecule has 0 fully saturated rings. The van der Waals surface area contributed by atoms with Crippen LogP contribution in [0.5, 0.6) is 0 Å². The lowest BCUT2D eigenvalue weighted by Gasteiger charge is -2.05. The molecule has 0 bridgehead atoms. The number of aromatic nitrogens is 1. The van der Waals surface area contributed by atoms with E-state index in [-0.39, 0.29) is 12.5 Å². The summed E-state index contributed by atoms with van der Waals surface area (Å²) in [6.45, 7) is 5.52. The largest absolute Gasteiger partial charge is 0.364 e. The summed E-state index contributed by atoms with van der Waals surface area (Å²) < 4.78 is 6.80. The van der Waals surface area contributed by atoms with Crippen molar-refractivity contribution in [2.75, 3.05) is 7.11 Å². The van der Waals surface area contributed by atoms with Crippen LogP contribution in [-0.4, -0.2) is 23.7 Å². The Bertz CT molecular complexity index is 667. The Kier molecular flexibility index (Phi) is 3.62. The number of aldehydes is 1. The van der Waals surface area contributed by atoms with Crippen LogP contribution in [0, 0.1) is 0 Å². The fourth-order valence-corrected chi connectivity index (χ4v) is 2.17. The van der Waals surface area contributed by atoms with Crippen molar-refractivity contribution in [3.05, 3.63) is 47.7 Å². The fourth-order valence-electron chi connectivity index (χ4n) is 2.17. The number of para-hydroxylation sites is 1. The number of Topliss-reactive ketones (excluding diaryl/α,β-unsaturated/α-hetero) is 1. The van der Waals surface area contributed by atoms with Crippen LogP contribution in [0.25, 0.3) is 10.9 Å². The number of rotatable bonds is 5. The third-order valence-corrected chi connectivity index (χ3v) is 3.00. The van der Waals surface area contributed by atoms with Gasteiger partial charge in [-0.3, -0.25) is 9.59 Å². The van der Waals surface area contributed by atoms with Crippen molar-refractivity contribution in [2.24, 2.45) is 0 Å². The van der Waals surface area contributed by atoms with Gasteiger partial charge in [-0.15, -0.1) is 0 Å². The minimum absolute atomic E-state index is 0.215. The van der Waals surface area contributed by atoms with E-state index in [9.17, 15) is 9.59 Å². The summed E-state index contributed by atoms with van der Waals surface area (Å²) in [6.07, 6.45) is 0.690.